The van der Waals surface area contributed by atoms with Gasteiger partial charge in [0, 0.05) is 19.3 Å². The van der Waals surface area contributed by atoms with Crippen molar-refractivity contribution in [2.24, 2.45) is 0 Å². The molecular weight excluding hydrogens is 234 g/mol. The highest BCUT2D eigenvalue weighted by atomic mass is 15.0. The monoisotopic (exact) mass is 257 g/mol. The second-order valence-corrected chi connectivity index (χ2v) is 5.08. The van der Waals surface area contributed by atoms with Crippen molar-refractivity contribution in [2.75, 3.05) is 6.54 Å². The summed E-state index contributed by atoms with van der Waals surface area (Å²) in [6, 6.07) is 6.45. The van der Waals surface area contributed by atoms with E-state index in [1.54, 1.807) is 0 Å². The number of nitrogens with zero attached hydrogens (tertiary/aromatic N) is 2. The Morgan fingerprint density at radius 3 is 2.63 bits per heavy atom. The van der Waals surface area contributed by atoms with Crippen LogP contribution in [0.1, 0.15) is 35.7 Å². The van der Waals surface area contributed by atoms with Gasteiger partial charge >= 0.3 is 0 Å². The number of hydrogen-bond acceptors (Lipinski definition) is 2. The first-order valence-electron chi connectivity index (χ1n) is 6.97. The highest BCUT2D eigenvalue weighted by molar-refractivity contribution is 5.33. The van der Waals surface area contributed by atoms with E-state index < -0.39 is 0 Å². The number of aromatic nitrogens is 2. The average Bonchev–Trinajstić information content (AvgIpc) is 2.82. The predicted molar refractivity (Wildman–Crippen MR) is 79.2 cm³/mol. The van der Waals surface area contributed by atoms with E-state index in [-0.39, 0.29) is 0 Å². The van der Waals surface area contributed by atoms with E-state index in [0.717, 1.165) is 31.7 Å². The Kier molecular flexibility index (Phi) is 4.74. The Balaban J connectivity index is 2.03. The van der Waals surface area contributed by atoms with Crippen molar-refractivity contribution in [3.63, 3.8) is 0 Å². The molecular formula is C16H23N3. The molecule has 0 saturated carbocycles. The van der Waals surface area contributed by atoms with E-state index in [1.165, 1.54) is 16.7 Å². The van der Waals surface area contributed by atoms with E-state index in [2.05, 4.69) is 60.0 Å². The molecule has 19 heavy (non-hydrogen) atoms. The smallest absolute Gasteiger partial charge is 0.0953 e. The first-order chi connectivity index (χ1) is 9.20. The molecule has 1 N–H and O–H groups in total. The second-order valence-electron chi connectivity index (χ2n) is 5.08. The summed E-state index contributed by atoms with van der Waals surface area (Å²) in [5.74, 6) is 0. The lowest BCUT2D eigenvalue weighted by Gasteiger charge is -2.09. The summed E-state index contributed by atoms with van der Waals surface area (Å²) >= 11 is 0. The molecule has 2 aromatic rings. The summed E-state index contributed by atoms with van der Waals surface area (Å²) in [5, 5.41) is 3.38. The summed E-state index contributed by atoms with van der Waals surface area (Å²) in [6.07, 6.45) is 5.21. The zero-order valence-corrected chi connectivity index (χ0v) is 12.1. The summed E-state index contributed by atoms with van der Waals surface area (Å²) in [5.41, 5.74) is 5.20. The van der Waals surface area contributed by atoms with Crippen molar-refractivity contribution < 1.29 is 0 Å². The van der Waals surface area contributed by atoms with Crippen molar-refractivity contribution in [2.45, 2.75) is 40.3 Å². The Morgan fingerprint density at radius 1 is 1.21 bits per heavy atom. The summed E-state index contributed by atoms with van der Waals surface area (Å²) in [4.78, 5) is 4.44. The van der Waals surface area contributed by atoms with Crippen molar-refractivity contribution in [1.82, 2.24) is 14.9 Å². The van der Waals surface area contributed by atoms with Gasteiger partial charge in [0.05, 0.1) is 12.0 Å². The van der Waals surface area contributed by atoms with Gasteiger partial charge in [-0.15, -0.1) is 0 Å². The lowest BCUT2D eigenvalue weighted by Crippen LogP contribution is -2.13. The lowest BCUT2D eigenvalue weighted by atomic mass is 10.0. The molecule has 0 unspecified atom stereocenters. The highest BCUT2D eigenvalue weighted by Gasteiger charge is 2.04. The van der Waals surface area contributed by atoms with Crippen LogP contribution in [0, 0.1) is 13.8 Å². The van der Waals surface area contributed by atoms with E-state index >= 15 is 0 Å². The van der Waals surface area contributed by atoms with Crippen LogP contribution in [0.15, 0.2) is 30.7 Å². The fourth-order valence-corrected chi connectivity index (χ4v) is 2.26. The summed E-state index contributed by atoms with van der Waals surface area (Å²) in [6.45, 7) is 9.31. The van der Waals surface area contributed by atoms with Gasteiger partial charge in [-0.3, -0.25) is 0 Å². The van der Waals surface area contributed by atoms with E-state index in [9.17, 15) is 0 Å². The summed E-state index contributed by atoms with van der Waals surface area (Å²) in [7, 11) is 0. The zero-order chi connectivity index (χ0) is 13.7. The number of nitrogens with one attached hydrogen (secondary N) is 1. The van der Waals surface area contributed by atoms with Gasteiger partial charge in [0.1, 0.15) is 0 Å². The number of hydrogen-bond donors (Lipinski definition) is 1. The maximum Gasteiger partial charge on any atom is 0.0953 e. The van der Waals surface area contributed by atoms with Gasteiger partial charge in [-0.25, -0.2) is 4.98 Å². The van der Waals surface area contributed by atoms with Gasteiger partial charge in [-0.1, -0.05) is 25.1 Å². The third kappa shape index (κ3) is 3.67. The second kappa shape index (κ2) is 6.53. The summed E-state index contributed by atoms with van der Waals surface area (Å²) < 4.78 is 2.16. The fourth-order valence-electron chi connectivity index (χ4n) is 2.26. The third-order valence-corrected chi connectivity index (χ3v) is 3.40. The van der Waals surface area contributed by atoms with Crippen LogP contribution in [0.4, 0.5) is 0 Å². The third-order valence-electron chi connectivity index (χ3n) is 3.40. The van der Waals surface area contributed by atoms with E-state index in [4.69, 9.17) is 0 Å². The van der Waals surface area contributed by atoms with Gasteiger partial charge in [0.15, 0.2) is 0 Å². The van der Waals surface area contributed by atoms with Crippen molar-refractivity contribution in [3.05, 3.63) is 53.1 Å². The van der Waals surface area contributed by atoms with Gasteiger partial charge in [-0.05, 0) is 43.5 Å². The number of benzene rings is 1. The van der Waals surface area contributed by atoms with Gasteiger partial charge in [0.2, 0.25) is 0 Å². The normalized spacial score (nSPS) is 10.9. The minimum atomic E-state index is 0.855. The maximum absolute atomic E-state index is 4.44. The van der Waals surface area contributed by atoms with E-state index in [0.29, 0.717) is 0 Å². The Morgan fingerprint density at radius 2 is 1.95 bits per heavy atom. The van der Waals surface area contributed by atoms with Crippen LogP contribution >= 0.6 is 0 Å². The first-order valence-corrected chi connectivity index (χ1v) is 6.97. The minimum absolute atomic E-state index is 0.855. The van der Waals surface area contributed by atoms with Crippen LogP contribution in [-0.2, 0) is 13.1 Å². The average molecular weight is 257 g/mol. The number of aryl methyl sites for hydroxylation is 2. The lowest BCUT2D eigenvalue weighted by molar-refractivity contribution is 0.665. The molecule has 0 aliphatic heterocycles. The predicted octanol–water partition coefficient (Wildman–Crippen LogP) is 3.05. The number of imidazole rings is 1. The molecule has 0 amide bonds. The Hall–Kier alpha value is -1.61. The molecule has 102 valence electrons. The van der Waals surface area contributed by atoms with Crippen molar-refractivity contribution in [1.29, 1.82) is 0 Å². The largest absolute Gasteiger partial charge is 0.333 e. The molecule has 0 fully saturated rings. The zero-order valence-electron chi connectivity index (χ0n) is 12.1. The molecule has 0 aliphatic carbocycles. The molecule has 0 saturated heterocycles. The molecule has 1 aromatic heterocycles. The van der Waals surface area contributed by atoms with Gasteiger partial charge in [-0.2, -0.15) is 0 Å². The molecule has 1 aromatic carbocycles. The first kappa shape index (κ1) is 13.8. The quantitative estimate of drug-likeness (QED) is 0.806. The standard InChI is InChI=1S/C16H23N3/c1-4-8-17-9-15-10-19(12-18-15)11-16-13(2)6-5-7-14(16)3/h5-7,10,12,17H,4,8-9,11H2,1-3H3. The molecule has 0 aliphatic rings. The van der Waals surface area contributed by atoms with E-state index in [1.807, 2.05) is 6.33 Å². The van der Waals surface area contributed by atoms with Gasteiger partial charge in [0.25, 0.3) is 0 Å². The fraction of sp³-hybridized carbons (Fsp3) is 0.438. The van der Waals surface area contributed by atoms with Crippen LogP contribution in [0.2, 0.25) is 0 Å². The van der Waals surface area contributed by atoms with Crippen LogP contribution in [0.25, 0.3) is 0 Å². The Labute approximate surface area is 115 Å². The molecule has 0 atom stereocenters. The van der Waals surface area contributed by atoms with Crippen molar-refractivity contribution in [3.8, 4) is 0 Å². The molecule has 2 rings (SSSR count). The molecule has 1 heterocycles. The van der Waals surface area contributed by atoms with Crippen LogP contribution in [-0.4, -0.2) is 16.1 Å². The highest BCUT2D eigenvalue weighted by Crippen LogP contribution is 2.15. The molecule has 3 nitrogen and oxygen atoms in total. The minimum Gasteiger partial charge on any atom is -0.333 e. The van der Waals surface area contributed by atoms with Crippen molar-refractivity contribution >= 4 is 0 Å². The van der Waals surface area contributed by atoms with Crippen LogP contribution in [0.5, 0.6) is 0 Å². The molecule has 0 bridgehead atoms. The molecule has 3 heteroatoms. The SMILES string of the molecule is CCCNCc1cn(Cc2c(C)cccc2C)cn1. The van der Waals surface area contributed by atoms with Crippen LogP contribution < -0.4 is 5.32 Å². The topological polar surface area (TPSA) is 29.9 Å². The Bertz CT molecular complexity index is 508. The van der Waals surface area contributed by atoms with Crippen LogP contribution in [0.3, 0.4) is 0 Å². The maximum atomic E-state index is 4.44. The number of rotatable bonds is 6. The van der Waals surface area contributed by atoms with Gasteiger partial charge < -0.3 is 9.88 Å². The molecule has 0 radical (unpaired) electrons. The molecule has 0 spiro atoms.